The molecule has 560 valence electrons. The molecule has 0 aliphatic rings. The van der Waals surface area contributed by atoms with Gasteiger partial charge in [0.15, 0.2) is 0 Å². The fourth-order valence-electron chi connectivity index (χ4n) is 15.0. The molecule has 0 bridgehead atoms. The molecule has 0 heterocycles. The second-order valence-corrected chi connectivity index (χ2v) is 44.2. The number of nitro benzene ring substituents is 6. The zero-order valence-electron chi connectivity index (χ0n) is 61.6. The molecule has 0 aliphatic heterocycles. The van der Waals surface area contributed by atoms with Gasteiger partial charge in [0.1, 0.15) is 0 Å². The normalized spacial score (nSPS) is 13.4. The average Bonchev–Trinajstić information content (AvgIpc) is 0.662. The Kier molecular flexibility index (Phi) is 21.1. The topological polar surface area (TPSA) is 304 Å². The molecule has 0 saturated heterocycles. The van der Waals surface area contributed by atoms with Crippen LogP contribution in [-0.2, 0) is 36.0 Å². The first-order valence-corrected chi connectivity index (χ1v) is 43.4. The Labute approximate surface area is 635 Å². The number of nitro groups is 6. The van der Waals surface area contributed by atoms with Crippen LogP contribution in [0.15, 0.2) is 273 Å². The third-order valence-corrected chi connectivity index (χ3v) is 42.8. The predicted molar refractivity (Wildman–Crippen MR) is 439 cm³/mol. The van der Waals surface area contributed by atoms with Gasteiger partial charge in [-0.15, -0.1) is 0 Å². The van der Waals surface area contributed by atoms with E-state index in [1.807, 2.05) is 62.3 Å². The predicted octanol–water partition coefficient (Wildman–Crippen LogP) is 18.3. The first kappa shape index (κ1) is 78.0. The van der Waals surface area contributed by atoms with Gasteiger partial charge in [0.05, 0.1) is 0 Å². The molecule has 110 heavy (non-hydrogen) atoms. The number of hydrogen-bond donors (Lipinski definition) is 0. The van der Waals surface area contributed by atoms with E-state index >= 15 is 4.57 Å². The Morgan fingerprint density at radius 1 is 0.227 bits per heavy atom. The maximum atomic E-state index is 21.2. The standard InChI is InChI=1S/C84H78N6O16P4/c1-58-10-28-76(29-11-58)108(77-30-12-59(2)13-31-77,78-32-14-60(3)15-33-78,55-67-46-70(85(91)92)52-71(47-67)86(93)94)104-107(103,105-109(79-34-16-61(4)17-35-79,80-36-18-62(5)19-37-80,81-38-20-63(6)21-39-81)56-68-48-72(87(95)96)53-73(49-68)88(97)98)106-110(82-40-22-64(7)23-41-82,83-42-24-65(8)25-43-83,84-44-26-66(9)27-45-84)57-69-50-74(89(99)100)54-75(51-69)90(101)102/h10-54H,55-57H2,1-9H3. The molecule has 0 saturated carbocycles. The molecule has 0 N–H and O–H groups in total. The summed E-state index contributed by atoms with van der Waals surface area (Å²) < 4.78 is 48.2. The second kappa shape index (κ2) is 29.8. The van der Waals surface area contributed by atoms with E-state index in [0.29, 0.717) is 50.1 Å². The van der Waals surface area contributed by atoms with Crippen molar-refractivity contribution < 1.29 is 47.0 Å². The van der Waals surface area contributed by atoms with Gasteiger partial charge in [0.2, 0.25) is 0 Å². The summed E-state index contributed by atoms with van der Waals surface area (Å²) in [5.74, 6) is 0. The molecule has 0 amide bonds. The van der Waals surface area contributed by atoms with Crippen LogP contribution in [0, 0.1) is 123 Å². The van der Waals surface area contributed by atoms with E-state index in [1.54, 1.807) is 218 Å². The molecule has 12 aromatic rings. The molecule has 0 unspecified atom stereocenters. The van der Waals surface area contributed by atoms with Gasteiger partial charge in [0.25, 0.3) is 0 Å². The van der Waals surface area contributed by atoms with Crippen LogP contribution < -0.4 is 47.7 Å². The number of aryl methyl sites for hydroxylation is 9. The van der Waals surface area contributed by atoms with Gasteiger partial charge in [-0.25, -0.2) is 0 Å². The van der Waals surface area contributed by atoms with Crippen molar-refractivity contribution in [3.63, 3.8) is 0 Å². The van der Waals surface area contributed by atoms with Gasteiger partial charge in [-0.2, -0.15) is 0 Å². The molecule has 0 aliphatic carbocycles. The van der Waals surface area contributed by atoms with E-state index < -0.39 is 110 Å². The summed E-state index contributed by atoms with van der Waals surface area (Å²) in [5.41, 5.74) is 2.01. The van der Waals surface area contributed by atoms with Crippen molar-refractivity contribution in [3.05, 3.63) is 400 Å². The summed E-state index contributed by atoms with van der Waals surface area (Å²) >= 11 is 0. The van der Waals surface area contributed by atoms with Crippen molar-refractivity contribution in [3.8, 4) is 0 Å². The van der Waals surface area contributed by atoms with Gasteiger partial charge < -0.3 is 0 Å². The number of nitrogens with zero attached hydrogens (tertiary/aromatic N) is 6. The Morgan fingerprint density at radius 3 is 0.455 bits per heavy atom. The first-order valence-electron chi connectivity index (χ1n) is 34.9. The summed E-state index contributed by atoms with van der Waals surface area (Å²) in [6.07, 6.45) is -1.92. The van der Waals surface area contributed by atoms with Crippen LogP contribution in [0.4, 0.5) is 34.1 Å². The van der Waals surface area contributed by atoms with Gasteiger partial charge in [-0.05, 0) is 0 Å². The van der Waals surface area contributed by atoms with Crippen molar-refractivity contribution >= 4 is 110 Å². The minimum atomic E-state index is -6.60. The number of benzene rings is 12. The number of phosphoric acid groups is 1. The van der Waals surface area contributed by atoms with Gasteiger partial charge in [0, 0.05) is 0 Å². The van der Waals surface area contributed by atoms with E-state index in [1.165, 1.54) is 36.4 Å². The second-order valence-electron chi connectivity index (χ2n) is 28.4. The number of hydrogen-bond acceptors (Lipinski definition) is 16. The molecule has 0 fully saturated rings. The van der Waals surface area contributed by atoms with Gasteiger partial charge in [-0.1, -0.05) is 0 Å². The average molecular weight is 1550 g/mol. The van der Waals surface area contributed by atoms with Crippen molar-refractivity contribution in [2.45, 2.75) is 80.8 Å². The Balaban J connectivity index is 1.45. The maximum absolute atomic E-state index is 21.2. The molecule has 0 radical (unpaired) electrons. The van der Waals surface area contributed by atoms with Crippen LogP contribution >= 0.6 is 28.3 Å². The Bertz CT molecular complexity index is 4690. The SMILES string of the molecule is Cc1ccc(P(Cc2cc([N+](=O)[O-])cc([N+](=O)[O-])c2)(OP(=O)(OP(Cc2cc([N+](=O)[O-])cc([N+](=O)[O-])c2)(c2ccc(C)cc2)(c2ccc(C)cc2)c2ccc(C)cc2)OP(Cc2cc([N+](=O)[O-])cc([N+](=O)[O-])c2)(c2ccc(C)cc2)(c2ccc(C)cc2)c2ccc(C)cc2)(c2ccc(C)cc2)c2ccc(C)cc2)cc1. The molecule has 0 atom stereocenters. The number of rotatable bonds is 27. The molecule has 22 nitrogen and oxygen atoms in total. The quantitative estimate of drug-likeness (QED) is 0.0262. The Hall–Kier alpha value is -11.6. The van der Waals surface area contributed by atoms with Crippen LogP contribution in [0.1, 0.15) is 66.8 Å². The van der Waals surface area contributed by atoms with Crippen LogP contribution in [0.3, 0.4) is 0 Å². The monoisotopic (exact) mass is 1550 g/mol. The summed E-state index contributed by atoms with van der Waals surface area (Å²) in [4.78, 5) is 76.5. The van der Waals surface area contributed by atoms with Crippen molar-refractivity contribution in [2.75, 3.05) is 0 Å². The van der Waals surface area contributed by atoms with E-state index in [-0.39, 0.29) is 64.4 Å². The minimum absolute atomic E-state index is 0.0779. The zero-order valence-corrected chi connectivity index (χ0v) is 65.2. The summed E-state index contributed by atoms with van der Waals surface area (Å²) in [7, 11) is -6.60. The molecule has 26 heteroatoms. The number of non-ortho nitro benzene ring substituents is 6. The van der Waals surface area contributed by atoms with Crippen LogP contribution in [0.25, 0.3) is 0 Å². The summed E-state index contributed by atoms with van der Waals surface area (Å²) in [5, 5.41) is 83.4. The molecule has 12 rings (SSSR count). The molecular formula is C84H78N6O16P4. The fourth-order valence-corrected chi connectivity index (χ4v) is 39.6. The van der Waals surface area contributed by atoms with Crippen LogP contribution in [0.5, 0.6) is 0 Å². The van der Waals surface area contributed by atoms with E-state index in [4.69, 9.17) is 12.9 Å². The van der Waals surface area contributed by atoms with Crippen LogP contribution in [0.2, 0.25) is 0 Å². The van der Waals surface area contributed by atoms with E-state index in [0.717, 1.165) is 18.2 Å². The van der Waals surface area contributed by atoms with Gasteiger partial charge >= 0.3 is 638 Å². The molecule has 12 aromatic carbocycles. The zero-order chi connectivity index (χ0) is 79.0. The summed E-state index contributed by atoms with van der Waals surface area (Å²) in [6, 6.07) is 73.9. The summed E-state index contributed by atoms with van der Waals surface area (Å²) in [6.45, 7) is -1.72. The molecule has 0 aromatic heterocycles. The fraction of sp³-hybridized carbons (Fsp3) is 0.143. The van der Waals surface area contributed by atoms with Crippen molar-refractivity contribution in [1.82, 2.24) is 0 Å². The van der Waals surface area contributed by atoms with Crippen LogP contribution in [-0.4, -0.2) is 29.5 Å². The van der Waals surface area contributed by atoms with Crippen molar-refractivity contribution in [2.24, 2.45) is 0 Å². The first-order chi connectivity index (χ1) is 52.2. The van der Waals surface area contributed by atoms with Gasteiger partial charge in [-0.3, -0.25) is 0 Å². The van der Waals surface area contributed by atoms with E-state index in [9.17, 15) is 60.7 Å². The van der Waals surface area contributed by atoms with Crippen molar-refractivity contribution in [1.29, 1.82) is 0 Å². The van der Waals surface area contributed by atoms with E-state index in [2.05, 4.69) is 0 Å². The Morgan fingerprint density at radius 2 is 0.345 bits per heavy atom. The molecule has 0 spiro atoms. The third-order valence-electron chi connectivity index (χ3n) is 20.7. The third kappa shape index (κ3) is 14.1. The molecular weight excluding hydrogens is 1470 g/mol.